The largest absolute Gasteiger partial charge is 0.376 e. The average Bonchev–Trinajstić information content (AvgIpc) is 3.55. The number of amides is 1. The van der Waals surface area contributed by atoms with Crippen LogP contribution in [0, 0.1) is 13.8 Å². The molecule has 0 spiro atoms. The summed E-state index contributed by atoms with van der Waals surface area (Å²) in [4.78, 5) is 20.8. The van der Waals surface area contributed by atoms with Crippen LogP contribution in [0.4, 0.5) is 5.13 Å². The molecule has 3 aromatic carbocycles. The van der Waals surface area contributed by atoms with Crippen LogP contribution in [0.25, 0.3) is 10.2 Å². The van der Waals surface area contributed by atoms with Crippen molar-refractivity contribution in [3.8, 4) is 0 Å². The summed E-state index contributed by atoms with van der Waals surface area (Å²) < 4.78 is 7.09. The van der Waals surface area contributed by atoms with Gasteiger partial charge in [0.05, 0.1) is 22.9 Å². The van der Waals surface area contributed by atoms with Crippen molar-refractivity contribution >= 4 is 32.6 Å². The van der Waals surface area contributed by atoms with Crippen LogP contribution in [0.1, 0.15) is 47.4 Å². The fourth-order valence-corrected chi connectivity index (χ4v) is 5.86. The minimum atomic E-state index is -0.0141. The van der Waals surface area contributed by atoms with Crippen molar-refractivity contribution in [3.05, 3.63) is 95.1 Å². The molecule has 4 aromatic rings. The Morgan fingerprint density at radius 1 is 1.00 bits per heavy atom. The van der Waals surface area contributed by atoms with Gasteiger partial charge in [0.1, 0.15) is 0 Å². The Morgan fingerprint density at radius 2 is 1.65 bits per heavy atom. The Labute approximate surface area is 205 Å². The van der Waals surface area contributed by atoms with Gasteiger partial charge in [0, 0.05) is 18.9 Å². The van der Waals surface area contributed by atoms with E-state index in [4.69, 9.17) is 9.72 Å². The normalized spacial score (nSPS) is 15.8. The lowest BCUT2D eigenvalue weighted by Gasteiger charge is -2.26. The maximum atomic E-state index is 14.0. The number of nitrogens with zero attached hydrogens (tertiary/aromatic N) is 2. The van der Waals surface area contributed by atoms with E-state index in [1.807, 2.05) is 41.3 Å². The third-order valence-electron chi connectivity index (χ3n) is 6.66. The average molecular weight is 471 g/mol. The first-order valence-electron chi connectivity index (χ1n) is 12.0. The zero-order chi connectivity index (χ0) is 23.5. The van der Waals surface area contributed by atoms with E-state index in [1.54, 1.807) is 11.3 Å². The molecule has 1 aliphatic rings. The van der Waals surface area contributed by atoms with Gasteiger partial charge in [-0.1, -0.05) is 84.1 Å². The van der Waals surface area contributed by atoms with E-state index in [1.165, 1.54) is 5.56 Å². The summed E-state index contributed by atoms with van der Waals surface area (Å²) in [6.45, 7) is 5.50. The first-order chi connectivity index (χ1) is 16.6. The molecule has 0 unspecified atom stereocenters. The Kier molecular flexibility index (Phi) is 6.75. The van der Waals surface area contributed by atoms with E-state index >= 15 is 0 Å². The van der Waals surface area contributed by atoms with Crippen molar-refractivity contribution in [1.29, 1.82) is 0 Å². The molecule has 2 heterocycles. The maximum absolute atomic E-state index is 14.0. The number of rotatable bonds is 7. The quantitative estimate of drug-likeness (QED) is 0.304. The van der Waals surface area contributed by atoms with Crippen LogP contribution in [-0.4, -0.2) is 30.1 Å². The van der Waals surface area contributed by atoms with E-state index in [-0.39, 0.29) is 17.9 Å². The smallest absolute Gasteiger partial charge is 0.229 e. The highest BCUT2D eigenvalue weighted by Gasteiger charge is 2.29. The second-order valence-corrected chi connectivity index (χ2v) is 10.1. The van der Waals surface area contributed by atoms with E-state index < -0.39 is 0 Å². The molecule has 34 heavy (non-hydrogen) atoms. The van der Waals surface area contributed by atoms with Gasteiger partial charge in [-0.2, -0.15) is 0 Å². The SMILES string of the molecule is Cc1ccc(C)c2sc(N(C[C@@H]3CCCO3)C(=O)CC(c3ccccc3)c3ccccc3)nc12. The van der Waals surface area contributed by atoms with Gasteiger partial charge in [0.2, 0.25) is 5.91 Å². The van der Waals surface area contributed by atoms with Crippen LogP contribution in [0.2, 0.25) is 0 Å². The van der Waals surface area contributed by atoms with Crippen molar-refractivity contribution in [2.24, 2.45) is 0 Å². The number of fused-ring (bicyclic) bond motifs is 1. The molecular weight excluding hydrogens is 440 g/mol. The van der Waals surface area contributed by atoms with Gasteiger partial charge in [-0.05, 0) is 48.9 Å². The first-order valence-corrected chi connectivity index (χ1v) is 12.8. The summed E-state index contributed by atoms with van der Waals surface area (Å²) >= 11 is 1.62. The molecule has 5 heteroatoms. The number of hydrogen-bond acceptors (Lipinski definition) is 4. The van der Waals surface area contributed by atoms with E-state index in [0.29, 0.717) is 13.0 Å². The van der Waals surface area contributed by atoms with Crippen LogP contribution in [0.3, 0.4) is 0 Å². The Hall–Kier alpha value is -3.02. The van der Waals surface area contributed by atoms with Crippen molar-refractivity contribution in [2.75, 3.05) is 18.1 Å². The lowest BCUT2D eigenvalue weighted by molar-refractivity contribution is -0.119. The van der Waals surface area contributed by atoms with Gasteiger partial charge in [-0.25, -0.2) is 4.98 Å². The minimum absolute atomic E-state index is 0.0141. The van der Waals surface area contributed by atoms with Crippen LogP contribution in [0.15, 0.2) is 72.8 Å². The number of carbonyl (C=O) groups is 1. The topological polar surface area (TPSA) is 42.4 Å². The number of aryl methyl sites for hydroxylation is 2. The van der Waals surface area contributed by atoms with Crippen molar-refractivity contribution in [2.45, 2.75) is 45.1 Å². The summed E-state index contributed by atoms with van der Waals surface area (Å²) in [6.07, 6.45) is 2.47. The molecule has 1 fully saturated rings. The molecule has 0 N–H and O–H groups in total. The van der Waals surface area contributed by atoms with Gasteiger partial charge in [0.25, 0.3) is 0 Å². The van der Waals surface area contributed by atoms with Gasteiger partial charge >= 0.3 is 0 Å². The summed E-state index contributed by atoms with van der Waals surface area (Å²) in [5.41, 5.74) is 5.62. The van der Waals surface area contributed by atoms with Crippen LogP contribution in [-0.2, 0) is 9.53 Å². The van der Waals surface area contributed by atoms with Crippen molar-refractivity contribution in [1.82, 2.24) is 4.98 Å². The van der Waals surface area contributed by atoms with Crippen LogP contribution in [0.5, 0.6) is 0 Å². The van der Waals surface area contributed by atoms with E-state index in [9.17, 15) is 4.79 Å². The van der Waals surface area contributed by atoms with Crippen molar-refractivity contribution < 1.29 is 9.53 Å². The highest BCUT2D eigenvalue weighted by Crippen LogP contribution is 2.36. The van der Waals surface area contributed by atoms with Crippen LogP contribution < -0.4 is 4.90 Å². The summed E-state index contributed by atoms with van der Waals surface area (Å²) in [5.74, 6) is 0.0716. The number of hydrogen-bond donors (Lipinski definition) is 0. The molecule has 0 bridgehead atoms. The third-order valence-corrected chi connectivity index (χ3v) is 7.87. The summed E-state index contributed by atoms with van der Waals surface area (Å²) in [7, 11) is 0. The molecule has 4 nitrogen and oxygen atoms in total. The predicted molar refractivity (Wildman–Crippen MR) is 140 cm³/mol. The summed E-state index contributed by atoms with van der Waals surface area (Å²) in [6, 6.07) is 24.9. The Balaban J connectivity index is 1.51. The van der Waals surface area contributed by atoms with E-state index in [2.05, 4.69) is 50.2 Å². The second-order valence-electron chi connectivity index (χ2n) is 9.09. The number of benzene rings is 3. The molecule has 174 valence electrons. The molecule has 1 amide bonds. The number of anilines is 1. The molecule has 5 rings (SSSR count). The highest BCUT2D eigenvalue weighted by molar-refractivity contribution is 7.22. The fraction of sp³-hybridized carbons (Fsp3) is 0.310. The molecule has 0 saturated carbocycles. The second kappa shape index (κ2) is 10.1. The Morgan fingerprint density at radius 3 is 2.24 bits per heavy atom. The molecule has 1 saturated heterocycles. The van der Waals surface area contributed by atoms with Gasteiger partial charge in [-0.15, -0.1) is 0 Å². The number of ether oxygens (including phenoxy) is 1. The van der Waals surface area contributed by atoms with Crippen molar-refractivity contribution in [3.63, 3.8) is 0 Å². The lowest BCUT2D eigenvalue weighted by atomic mass is 9.88. The number of thiazole rings is 1. The van der Waals surface area contributed by atoms with Gasteiger partial charge in [-0.3, -0.25) is 9.69 Å². The number of aromatic nitrogens is 1. The predicted octanol–water partition coefficient (Wildman–Crippen LogP) is 6.65. The highest BCUT2D eigenvalue weighted by atomic mass is 32.1. The molecule has 1 aromatic heterocycles. The van der Waals surface area contributed by atoms with Crippen LogP contribution >= 0.6 is 11.3 Å². The van der Waals surface area contributed by atoms with Gasteiger partial charge < -0.3 is 4.74 Å². The minimum Gasteiger partial charge on any atom is -0.376 e. The standard InChI is InChI=1S/C29H30N2O2S/c1-20-15-16-21(2)28-27(20)30-29(34-28)31(19-24-14-9-17-33-24)26(32)18-25(22-10-5-3-6-11-22)23-12-7-4-8-13-23/h3-8,10-13,15-16,24-25H,9,14,17-19H2,1-2H3/t24-/m0/s1. The summed E-state index contributed by atoms with van der Waals surface area (Å²) in [5, 5.41) is 0.771. The fourth-order valence-electron chi connectivity index (χ4n) is 4.73. The maximum Gasteiger partial charge on any atom is 0.229 e. The monoisotopic (exact) mass is 470 g/mol. The zero-order valence-corrected chi connectivity index (χ0v) is 20.6. The zero-order valence-electron chi connectivity index (χ0n) is 19.7. The molecular formula is C29H30N2O2S. The lowest BCUT2D eigenvalue weighted by Crippen LogP contribution is -2.38. The first kappa shape index (κ1) is 22.8. The van der Waals surface area contributed by atoms with Gasteiger partial charge in [0.15, 0.2) is 5.13 Å². The van der Waals surface area contributed by atoms with E-state index in [0.717, 1.165) is 51.5 Å². The molecule has 0 radical (unpaired) electrons. The molecule has 1 atom stereocenters. The molecule has 0 aliphatic carbocycles. The third kappa shape index (κ3) is 4.77. The Bertz CT molecular complexity index is 1190. The number of carbonyl (C=O) groups excluding carboxylic acids is 1. The molecule has 1 aliphatic heterocycles.